The third-order valence-corrected chi connectivity index (χ3v) is 2.19. The summed E-state index contributed by atoms with van der Waals surface area (Å²) >= 11 is 3.97. The third kappa shape index (κ3) is 2.96. The number of aromatic hydroxyl groups is 2. The molecular weight excluding hydrogens is 228 g/mol. The molecule has 0 spiro atoms. The van der Waals surface area contributed by atoms with Crippen LogP contribution >= 0.6 is 12.8 Å². The maximum atomic E-state index is 11.6. The minimum Gasteiger partial charge on any atom is -0.508 e. The number of hydrogen-bond donors (Lipinski definition) is 4. The van der Waals surface area contributed by atoms with E-state index < -0.39 is 6.03 Å². The van der Waals surface area contributed by atoms with Crippen molar-refractivity contribution in [3.8, 4) is 11.5 Å². The topological polar surface area (TPSA) is 72.8 Å². The predicted molar refractivity (Wildman–Crippen MR) is 64.9 cm³/mol. The molecular formula is C10H14N2O3S. The van der Waals surface area contributed by atoms with Crippen LogP contribution in [0.2, 0.25) is 0 Å². The van der Waals surface area contributed by atoms with Gasteiger partial charge in [-0.1, -0.05) is 12.8 Å². The number of thiol groups is 1. The Morgan fingerprint density at radius 3 is 2.56 bits per heavy atom. The Balaban J connectivity index is 2.87. The minimum absolute atomic E-state index is 0.0265. The number of benzene rings is 1. The van der Waals surface area contributed by atoms with Gasteiger partial charge in [0.05, 0.1) is 5.69 Å². The van der Waals surface area contributed by atoms with Gasteiger partial charge in [-0.05, 0) is 26.0 Å². The molecule has 0 radical (unpaired) electrons. The fourth-order valence-corrected chi connectivity index (χ4v) is 1.34. The maximum absolute atomic E-state index is 11.6. The molecule has 0 aromatic heterocycles. The van der Waals surface area contributed by atoms with Crippen molar-refractivity contribution in [2.45, 2.75) is 19.9 Å². The molecule has 0 heterocycles. The highest BCUT2D eigenvalue weighted by atomic mass is 32.1. The lowest BCUT2D eigenvalue weighted by Crippen LogP contribution is -2.38. The van der Waals surface area contributed by atoms with Gasteiger partial charge in [0, 0.05) is 12.1 Å². The van der Waals surface area contributed by atoms with Gasteiger partial charge in [0.2, 0.25) is 0 Å². The van der Waals surface area contributed by atoms with Gasteiger partial charge in [0.25, 0.3) is 0 Å². The number of urea groups is 1. The van der Waals surface area contributed by atoms with Gasteiger partial charge in [-0.15, -0.1) is 0 Å². The first-order valence-corrected chi connectivity index (χ1v) is 5.13. The summed E-state index contributed by atoms with van der Waals surface area (Å²) in [4.78, 5) is 11.6. The van der Waals surface area contributed by atoms with Crippen molar-refractivity contribution in [1.29, 1.82) is 0 Å². The zero-order valence-corrected chi connectivity index (χ0v) is 9.90. The second-order valence-corrected chi connectivity index (χ2v) is 3.99. The standard InChI is InChI=1S/C10H14N2O3S/c1-6(2)11-10(15)12(16)8-4-3-7(13)5-9(8)14/h3-6,13-14,16H,1-2H3,(H,11,15). The van der Waals surface area contributed by atoms with Crippen LogP contribution < -0.4 is 9.62 Å². The molecule has 0 aliphatic rings. The lowest BCUT2D eigenvalue weighted by molar-refractivity contribution is 0.247. The Kier molecular flexibility index (Phi) is 3.89. The molecule has 5 nitrogen and oxygen atoms in total. The molecule has 0 aliphatic carbocycles. The fourth-order valence-electron chi connectivity index (χ4n) is 1.11. The zero-order chi connectivity index (χ0) is 12.3. The number of nitrogens with one attached hydrogen (secondary N) is 1. The molecule has 0 saturated carbocycles. The molecule has 2 amide bonds. The van der Waals surface area contributed by atoms with Crippen molar-refractivity contribution in [2.24, 2.45) is 0 Å². The largest absolute Gasteiger partial charge is 0.508 e. The number of hydrogen-bond acceptors (Lipinski definition) is 4. The molecule has 1 aromatic carbocycles. The molecule has 16 heavy (non-hydrogen) atoms. The Labute approximate surface area is 99.2 Å². The number of nitrogens with zero attached hydrogens (tertiary/aromatic N) is 1. The molecule has 0 atom stereocenters. The van der Waals surface area contributed by atoms with E-state index in [1.165, 1.54) is 12.1 Å². The molecule has 0 aliphatic heterocycles. The number of anilines is 1. The van der Waals surface area contributed by atoms with Crippen LogP contribution in [0.4, 0.5) is 10.5 Å². The average Bonchev–Trinajstić information content (AvgIpc) is 2.15. The Bertz CT molecular complexity index is 396. The Hall–Kier alpha value is -1.56. The fraction of sp³-hybridized carbons (Fsp3) is 0.300. The van der Waals surface area contributed by atoms with Gasteiger partial charge < -0.3 is 15.5 Å². The molecule has 0 unspecified atom stereocenters. The number of rotatable bonds is 2. The summed E-state index contributed by atoms with van der Waals surface area (Å²) in [7, 11) is 0. The first-order valence-electron chi connectivity index (χ1n) is 4.73. The average molecular weight is 242 g/mol. The minimum atomic E-state index is -0.445. The molecule has 88 valence electrons. The van der Waals surface area contributed by atoms with Crippen LogP contribution in [-0.2, 0) is 0 Å². The van der Waals surface area contributed by atoms with Crippen molar-refractivity contribution in [3.63, 3.8) is 0 Å². The van der Waals surface area contributed by atoms with E-state index in [0.717, 1.165) is 10.4 Å². The van der Waals surface area contributed by atoms with E-state index in [1.54, 1.807) is 0 Å². The summed E-state index contributed by atoms with van der Waals surface area (Å²) in [6.07, 6.45) is 0. The molecule has 0 fully saturated rings. The number of carbonyl (C=O) groups excluding carboxylic acids is 1. The molecule has 1 aromatic rings. The summed E-state index contributed by atoms with van der Waals surface area (Å²) in [5, 5.41) is 21.2. The number of amides is 2. The summed E-state index contributed by atoms with van der Waals surface area (Å²) in [6.45, 7) is 3.63. The van der Waals surface area contributed by atoms with Gasteiger partial charge in [-0.25, -0.2) is 9.10 Å². The van der Waals surface area contributed by atoms with E-state index in [-0.39, 0.29) is 23.2 Å². The molecule has 1 rings (SSSR count). The monoisotopic (exact) mass is 242 g/mol. The summed E-state index contributed by atoms with van der Waals surface area (Å²) in [5.41, 5.74) is 0.208. The van der Waals surface area contributed by atoms with Crippen LogP contribution in [0.15, 0.2) is 18.2 Å². The van der Waals surface area contributed by atoms with Crippen LogP contribution in [0.1, 0.15) is 13.8 Å². The van der Waals surface area contributed by atoms with Gasteiger partial charge >= 0.3 is 6.03 Å². The Morgan fingerprint density at radius 2 is 2.06 bits per heavy atom. The second-order valence-electron chi connectivity index (χ2n) is 3.59. The SMILES string of the molecule is CC(C)NC(=O)N(S)c1ccc(O)cc1O. The van der Waals surface area contributed by atoms with E-state index in [1.807, 2.05) is 13.8 Å². The van der Waals surface area contributed by atoms with Crippen molar-refractivity contribution >= 4 is 24.5 Å². The highest BCUT2D eigenvalue weighted by Gasteiger charge is 2.16. The van der Waals surface area contributed by atoms with Crippen LogP contribution in [0.25, 0.3) is 0 Å². The Morgan fingerprint density at radius 1 is 1.44 bits per heavy atom. The van der Waals surface area contributed by atoms with Crippen LogP contribution in [-0.4, -0.2) is 22.3 Å². The zero-order valence-electron chi connectivity index (χ0n) is 9.01. The second kappa shape index (κ2) is 4.98. The van der Waals surface area contributed by atoms with Crippen molar-refractivity contribution < 1.29 is 15.0 Å². The lowest BCUT2D eigenvalue weighted by Gasteiger charge is -2.19. The van der Waals surface area contributed by atoms with Crippen molar-refractivity contribution in [1.82, 2.24) is 5.32 Å². The first-order chi connectivity index (χ1) is 7.41. The van der Waals surface area contributed by atoms with Crippen molar-refractivity contribution in [2.75, 3.05) is 4.31 Å². The summed E-state index contributed by atoms with van der Waals surface area (Å²) < 4.78 is 0.981. The van der Waals surface area contributed by atoms with Gasteiger partial charge in [0.1, 0.15) is 11.5 Å². The number of phenolic OH excluding ortho intramolecular Hbond substituents is 2. The van der Waals surface area contributed by atoms with E-state index in [4.69, 9.17) is 5.11 Å². The third-order valence-electron chi connectivity index (χ3n) is 1.79. The van der Waals surface area contributed by atoms with Gasteiger partial charge in [-0.2, -0.15) is 0 Å². The molecule has 3 N–H and O–H groups in total. The normalized spacial score (nSPS) is 10.2. The molecule has 0 saturated heterocycles. The quantitative estimate of drug-likeness (QED) is 0.598. The highest BCUT2D eigenvalue weighted by Crippen LogP contribution is 2.31. The first kappa shape index (κ1) is 12.5. The molecule has 0 bridgehead atoms. The number of carbonyl (C=O) groups is 1. The summed E-state index contributed by atoms with van der Waals surface area (Å²) in [6, 6.07) is 3.43. The number of phenols is 2. The maximum Gasteiger partial charge on any atom is 0.332 e. The van der Waals surface area contributed by atoms with Gasteiger partial charge in [-0.3, -0.25) is 0 Å². The van der Waals surface area contributed by atoms with Crippen LogP contribution in [0.5, 0.6) is 11.5 Å². The van der Waals surface area contributed by atoms with E-state index in [0.29, 0.717) is 0 Å². The molecule has 6 heteroatoms. The van der Waals surface area contributed by atoms with E-state index in [2.05, 4.69) is 18.1 Å². The smallest absolute Gasteiger partial charge is 0.332 e. The van der Waals surface area contributed by atoms with Crippen LogP contribution in [0.3, 0.4) is 0 Å². The predicted octanol–water partition coefficient (Wildman–Crippen LogP) is 1.87. The van der Waals surface area contributed by atoms with E-state index in [9.17, 15) is 9.90 Å². The van der Waals surface area contributed by atoms with Gasteiger partial charge in [0.15, 0.2) is 0 Å². The van der Waals surface area contributed by atoms with E-state index >= 15 is 0 Å². The summed E-state index contributed by atoms with van der Waals surface area (Å²) in [5.74, 6) is -0.291. The van der Waals surface area contributed by atoms with Crippen molar-refractivity contribution in [3.05, 3.63) is 18.2 Å². The highest BCUT2D eigenvalue weighted by molar-refractivity contribution is 7.82. The van der Waals surface area contributed by atoms with Crippen LogP contribution in [0, 0.1) is 0 Å². The lowest BCUT2D eigenvalue weighted by atomic mass is 10.3.